The fraction of sp³-hybridized carbons (Fsp3) is 0.462. The number of hydrogen-bond donors (Lipinski definition) is 0. The number of allylic oxidation sites excluding steroid dienone is 1. The van der Waals surface area contributed by atoms with E-state index in [1.807, 2.05) is 12.1 Å². The van der Waals surface area contributed by atoms with Crippen molar-refractivity contribution in [1.29, 1.82) is 0 Å². The number of morpholine rings is 1. The number of nitrogens with zero attached hydrogens (tertiary/aromatic N) is 1. The van der Waals surface area contributed by atoms with Crippen molar-refractivity contribution in [3.8, 4) is 11.5 Å². The lowest BCUT2D eigenvalue weighted by atomic mass is 9.93. The van der Waals surface area contributed by atoms with Crippen LogP contribution in [0.3, 0.4) is 0 Å². The van der Waals surface area contributed by atoms with Crippen molar-refractivity contribution >= 4 is 5.69 Å². The van der Waals surface area contributed by atoms with E-state index in [4.69, 9.17) is 9.47 Å². The van der Waals surface area contributed by atoms with Crippen LogP contribution < -0.4 is 9.64 Å². The molecule has 156 valence electrons. The van der Waals surface area contributed by atoms with Gasteiger partial charge in [0.05, 0.1) is 13.2 Å². The summed E-state index contributed by atoms with van der Waals surface area (Å²) in [5.41, 5.74) is 2.55. The Morgan fingerprint density at radius 1 is 0.931 bits per heavy atom. The Bertz CT molecular complexity index is 717. The molecule has 0 amide bonds. The summed E-state index contributed by atoms with van der Waals surface area (Å²) in [6, 6.07) is 16.8. The summed E-state index contributed by atoms with van der Waals surface area (Å²) in [4.78, 5) is 2.35. The molecular formula is C26H35NO2. The number of benzene rings is 2. The first-order valence-electron chi connectivity index (χ1n) is 11.1. The van der Waals surface area contributed by atoms with Gasteiger partial charge in [-0.05, 0) is 48.4 Å². The molecule has 29 heavy (non-hydrogen) atoms. The van der Waals surface area contributed by atoms with Crippen LogP contribution in [-0.4, -0.2) is 26.3 Å². The summed E-state index contributed by atoms with van der Waals surface area (Å²) in [6.45, 7) is 9.80. The van der Waals surface area contributed by atoms with Crippen molar-refractivity contribution in [3.05, 3.63) is 66.7 Å². The van der Waals surface area contributed by atoms with Crippen LogP contribution in [0.5, 0.6) is 11.5 Å². The number of hydrogen-bond acceptors (Lipinski definition) is 3. The molecule has 0 N–H and O–H groups in total. The summed E-state index contributed by atoms with van der Waals surface area (Å²) < 4.78 is 11.5. The van der Waals surface area contributed by atoms with Crippen molar-refractivity contribution in [1.82, 2.24) is 0 Å². The molecule has 1 unspecified atom stereocenters. The van der Waals surface area contributed by atoms with Crippen molar-refractivity contribution in [3.63, 3.8) is 0 Å². The van der Waals surface area contributed by atoms with Gasteiger partial charge in [-0.2, -0.15) is 0 Å². The maximum Gasteiger partial charge on any atom is 0.127 e. The number of rotatable bonds is 11. The van der Waals surface area contributed by atoms with E-state index in [0.717, 1.165) is 37.8 Å². The second kappa shape index (κ2) is 11.7. The molecule has 1 saturated heterocycles. The zero-order valence-electron chi connectivity index (χ0n) is 17.8. The van der Waals surface area contributed by atoms with Gasteiger partial charge in [-0.3, -0.25) is 0 Å². The summed E-state index contributed by atoms with van der Waals surface area (Å²) >= 11 is 0. The normalized spacial score (nSPS) is 15.1. The smallest absolute Gasteiger partial charge is 0.127 e. The zero-order valence-corrected chi connectivity index (χ0v) is 17.8. The summed E-state index contributed by atoms with van der Waals surface area (Å²) in [6.07, 6.45) is 9.83. The van der Waals surface area contributed by atoms with Gasteiger partial charge in [0.25, 0.3) is 0 Å². The Balaban J connectivity index is 1.52. The van der Waals surface area contributed by atoms with E-state index in [2.05, 4.69) is 60.9 Å². The van der Waals surface area contributed by atoms with Crippen LogP contribution in [-0.2, 0) is 4.74 Å². The van der Waals surface area contributed by atoms with Crippen LogP contribution in [0.15, 0.2) is 61.2 Å². The summed E-state index contributed by atoms with van der Waals surface area (Å²) in [5.74, 6) is 2.17. The molecule has 1 atom stereocenters. The molecule has 3 heteroatoms. The minimum Gasteiger partial charge on any atom is -0.457 e. The molecule has 1 aliphatic heterocycles. The van der Waals surface area contributed by atoms with E-state index < -0.39 is 0 Å². The van der Waals surface area contributed by atoms with E-state index in [9.17, 15) is 0 Å². The first-order chi connectivity index (χ1) is 14.3. The lowest BCUT2D eigenvalue weighted by molar-refractivity contribution is 0.122. The summed E-state index contributed by atoms with van der Waals surface area (Å²) in [7, 11) is 0. The zero-order chi connectivity index (χ0) is 20.3. The SMILES string of the molecule is C=CC(CCCCCCC)c1ccc(Oc2ccc(N3CCOCC3)cc2)cc1. The molecule has 0 aliphatic carbocycles. The van der Waals surface area contributed by atoms with Gasteiger partial charge in [0.1, 0.15) is 11.5 Å². The highest BCUT2D eigenvalue weighted by atomic mass is 16.5. The van der Waals surface area contributed by atoms with Gasteiger partial charge in [0, 0.05) is 24.7 Å². The van der Waals surface area contributed by atoms with E-state index in [1.54, 1.807) is 0 Å². The second-order valence-electron chi connectivity index (χ2n) is 7.81. The molecular weight excluding hydrogens is 358 g/mol. The third kappa shape index (κ3) is 6.64. The third-order valence-corrected chi connectivity index (χ3v) is 5.66. The first kappa shape index (κ1) is 21.4. The number of ether oxygens (including phenoxy) is 2. The van der Waals surface area contributed by atoms with Gasteiger partial charge >= 0.3 is 0 Å². The Morgan fingerprint density at radius 3 is 2.17 bits per heavy atom. The van der Waals surface area contributed by atoms with Crippen LogP contribution in [0.1, 0.15) is 56.9 Å². The molecule has 1 heterocycles. The molecule has 1 fully saturated rings. The number of unbranched alkanes of at least 4 members (excludes halogenated alkanes) is 4. The van der Waals surface area contributed by atoms with Crippen LogP contribution in [0.2, 0.25) is 0 Å². The van der Waals surface area contributed by atoms with E-state index in [-0.39, 0.29) is 0 Å². The van der Waals surface area contributed by atoms with Crippen molar-refractivity contribution < 1.29 is 9.47 Å². The monoisotopic (exact) mass is 393 g/mol. The molecule has 3 nitrogen and oxygen atoms in total. The van der Waals surface area contributed by atoms with E-state index in [0.29, 0.717) is 5.92 Å². The molecule has 2 aromatic rings. The minimum absolute atomic E-state index is 0.429. The predicted octanol–water partition coefficient (Wildman–Crippen LogP) is 6.95. The number of anilines is 1. The lowest BCUT2D eigenvalue weighted by Gasteiger charge is -2.28. The highest BCUT2D eigenvalue weighted by Crippen LogP contribution is 2.29. The van der Waals surface area contributed by atoms with Gasteiger partial charge in [0.2, 0.25) is 0 Å². The Hall–Kier alpha value is -2.26. The average molecular weight is 394 g/mol. The quantitative estimate of drug-likeness (QED) is 0.305. The molecule has 0 radical (unpaired) electrons. The molecule has 2 aromatic carbocycles. The van der Waals surface area contributed by atoms with E-state index >= 15 is 0 Å². The fourth-order valence-corrected chi connectivity index (χ4v) is 3.85. The predicted molar refractivity (Wildman–Crippen MR) is 122 cm³/mol. The Labute approximate surface area is 176 Å². The fourth-order valence-electron chi connectivity index (χ4n) is 3.85. The highest BCUT2D eigenvalue weighted by Gasteiger charge is 2.11. The van der Waals surface area contributed by atoms with Crippen molar-refractivity contribution in [2.45, 2.75) is 51.4 Å². The van der Waals surface area contributed by atoms with Crippen LogP contribution in [0.25, 0.3) is 0 Å². The van der Waals surface area contributed by atoms with E-state index in [1.165, 1.54) is 49.8 Å². The molecule has 0 bridgehead atoms. The van der Waals surface area contributed by atoms with Gasteiger partial charge in [-0.15, -0.1) is 6.58 Å². The topological polar surface area (TPSA) is 21.7 Å². The molecule has 0 spiro atoms. The van der Waals surface area contributed by atoms with Gasteiger partial charge in [0.15, 0.2) is 0 Å². The third-order valence-electron chi connectivity index (χ3n) is 5.66. The van der Waals surface area contributed by atoms with Crippen molar-refractivity contribution in [2.75, 3.05) is 31.2 Å². The van der Waals surface area contributed by atoms with Gasteiger partial charge < -0.3 is 14.4 Å². The molecule has 0 saturated carbocycles. The lowest BCUT2D eigenvalue weighted by Crippen LogP contribution is -2.36. The largest absolute Gasteiger partial charge is 0.457 e. The van der Waals surface area contributed by atoms with Gasteiger partial charge in [-0.25, -0.2) is 0 Å². The van der Waals surface area contributed by atoms with Crippen LogP contribution in [0.4, 0.5) is 5.69 Å². The minimum atomic E-state index is 0.429. The second-order valence-corrected chi connectivity index (χ2v) is 7.81. The van der Waals surface area contributed by atoms with Gasteiger partial charge in [-0.1, -0.05) is 57.2 Å². The Kier molecular flexibility index (Phi) is 8.63. The summed E-state index contributed by atoms with van der Waals surface area (Å²) in [5, 5.41) is 0. The highest BCUT2D eigenvalue weighted by molar-refractivity contribution is 5.50. The Morgan fingerprint density at radius 2 is 1.55 bits per heavy atom. The van der Waals surface area contributed by atoms with Crippen molar-refractivity contribution in [2.24, 2.45) is 0 Å². The van der Waals surface area contributed by atoms with Crippen LogP contribution in [0, 0.1) is 0 Å². The maximum absolute atomic E-state index is 6.05. The molecule has 0 aromatic heterocycles. The molecule has 3 rings (SSSR count). The standard InChI is InChI=1S/C26H35NO2/c1-3-5-6-7-8-9-22(4-2)23-10-14-25(15-11-23)29-26-16-12-24(13-17-26)27-18-20-28-21-19-27/h4,10-17,22H,2-3,5-9,18-21H2,1H3. The maximum atomic E-state index is 6.05. The first-order valence-corrected chi connectivity index (χ1v) is 11.1. The molecule has 1 aliphatic rings. The average Bonchev–Trinajstić information content (AvgIpc) is 2.78. The van der Waals surface area contributed by atoms with Crippen LogP contribution >= 0.6 is 0 Å².